The number of benzene rings is 1. The molecule has 6 heteroatoms. The highest BCUT2D eigenvalue weighted by Gasteiger charge is 2.21. The van der Waals surface area contributed by atoms with Crippen molar-refractivity contribution in [3.05, 3.63) is 35.9 Å². The Balaban J connectivity index is 0.000000885. The Kier molecular flexibility index (Phi) is 7.75. The summed E-state index contributed by atoms with van der Waals surface area (Å²) >= 11 is 0. The van der Waals surface area contributed by atoms with Crippen molar-refractivity contribution in [2.24, 2.45) is 21.7 Å². The molecule has 0 spiro atoms. The van der Waals surface area contributed by atoms with Gasteiger partial charge in [-0.3, -0.25) is 4.79 Å². The van der Waals surface area contributed by atoms with Crippen LogP contribution in [0.3, 0.4) is 0 Å². The second-order valence-corrected chi connectivity index (χ2v) is 5.31. The molecular weight excluding hydrogens is 268 g/mol. The van der Waals surface area contributed by atoms with Gasteiger partial charge in [-0.2, -0.15) is 5.10 Å². The van der Waals surface area contributed by atoms with Gasteiger partial charge in [0.2, 0.25) is 5.96 Å². The predicted molar refractivity (Wildman–Crippen MR) is 86.3 cm³/mol. The normalized spacial score (nSPS) is 11.1. The van der Waals surface area contributed by atoms with E-state index >= 15 is 0 Å². The van der Waals surface area contributed by atoms with Gasteiger partial charge >= 0.3 is 0 Å². The van der Waals surface area contributed by atoms with E-state index in [1.54, 1.807) is 0 Å². The fraction of sp³-hybridized carbons (Fsp3) is 0.400. The number of carboxylic acid groups (broad SMARTS) is 1. The summed E-state index contributed by atoms with van der Waals surface area (Å²) in [7, 11) is 0. The van der Waals surface area contributed by atoms with Crippen LogP contribution in [0.1, 0.15) is 39.7 Å². The molecule has 0 fully saturated rings. The first kappa shape index (κ1) is 18.6. The third-order valence-electron chi connectivity index (χ3n) is 2.59. The largest absolute Gasteiger partial charge is 0.481 e. The summed E-state index contributed by atoms with van der Waals surface area (Å²) in [5, 5.41) is 15.1. The third kappa shape index (κ3) is 9.21. The summed E-state index contributed by atoms with van der Waals surface area (Å²) in [5.41, 5.74) is 12.7. The summed E-state index contributed by atoms with van der Waals surface area (Å²) in [6, 6.07) is 10.3. The maximum Gasteiger partial charge on any atom is 0.300 e. The standard InChI is InChI=1S/C13H20N4.C2H4O2/c1-10(16-17-12(14)15)9-13(2,3)11-7-5-4-6-8-11;1-2(3)4/h4-8H,9H2,1-3H3,(H4,14,15,17);1H3,(H,3,4)/b16-10+;. The molecule has 21 heavy (non-hydrogen) atoms. The van der Waals surface area contributed by atoms with Gasteiger partial charge in [0, 0.05) is 12.6 Å². The van der Waals surface area contributed by atoms with E-state index in [2.05, 4.69) is 36.2 Å². The van der Waals surface area contributed by atoms with E-state index < -0.39 is 5.97 Å². The van der Waals surface area contributed by atoms with Crippen LogP contribution in [-0.2, 0) is 10.2 Å². The topological polar surface area (TPSA) is 114 Å². The van der Waals surface area contributed by atoms with Crippen LogP contribution in [0, 0.1) is 0 Å². The molecule has 0 saturated carbocycles. The van der Waals surface area contributed by atoms with Crippen LogP contribution in [0.5, 0.6) is 0 Å². The molecule has 0 radical (unpaired) electrons. The monoisotopic (exact) mass is 292 g/mol. The number of carboxylic acids is 1. The summed E-state index contributed by atoms with van der Waals surface area (Å²) < 4.78 is 0. The molecule has 0 heterocycles. The summed E-state index contributed by atoms with van der Waals surface area (Å²) in [4.78, 5) is 9.00. The molecule has 5 N–H and O–H groups in total. The van der Waals surface area contributed by atoms with Crippen molar-refractivity contribution in [2.45, 2.75) is 39.5 Å². The number of hydrogen-bond donors (Lipinski definition) is 3. The average Bonchev–Trinajstić information content (AvgIpc) is 2.36. The lowest BCUT2D eigenvalue weighted by atomic mass is 9.80. The van der Waals surface area contributed by atoms with E-state index in [9.17, 15) is 0 Å². The molecule has 0 saturated heterocycles. The van der Waals surface area contributed by atoms with Crippen molar-refractivity contribution in [1.82, 2.24) is 0 Å². The number of guanidine groups is 1. The second kappa shape index (κ2) is 8.73. The highest BCUT2D eigenvalue weighted by atomic mass is 16.4. The lowest BCUT2D eigenvalue weighted by Crippen LogP contribution is -2.23. The van der Waals surface area contributed by atoms with E-state index in [0.29, 0.717) is 0 Å². The molecular formula is C15H24N4O2. The van der Waals surface area contributed by atoms with Crippen LogP contribution >= 0.6 is 0 Å². The number of rotatable bonds is 4. The summed E-state index contributed by atoms with van der Waals surface area (Å²) in [5.74, 6) is -0.845. The summed E-state index contributed by atoms with van der Waals surface area (Å²) in [6.07, 6.45) is 0.813. The van der Waals surface area contributed by atoms with Crippen molar-refractivity contribution in [2.75, 3.05) is 0 Å². The number of nitrogens with zero attached hydrogens (tertiary/aromatic N) is 2. The Morgan fingerprint density at radius 1 is 1.14 bits per heavy atom. The first-order chi connectivity index (χ1) is 9.65. The van der Waals surface area contributed by atoms with Gasteiger partial charge in [0.1, 0.15) is 0 Å². The molecule has 0 bridgehead atoms. The van der Waals surface area contributed by atoms with Gasteiger partial charge in [0.25, 0.3) is 5.97 Å². The second-order valence-electron chi connectivity index (χ2n) is 5.31. The Hall–Kier alpha value is -2.37. The minimum Gasteiger partial charge on any atom is -0.481 e. The Labute approximate surface area is 125 Å². The van der Waals surface area contributed by atoms with Crippen LogP contribution in [-0.4, -0.2) is 22.7 Å². The number of hydrogen-bond acceptors (Lipinski definition) is 3. The molecule has 6 nitrogen and oxygen atoms in total. The SMILES string of the molecule is C/C(CC(C)(C)c1ccccc1)=N\N=C(N)N.CC(=O)O. The fourth-order valence-electron chi connectivity index (χ4n) is 1.81. The van der Waals surface area contributed by atoms with Gasteiger partial charge in [0.15, 0.2) is 0 Å². The van der Waals surface area contributed by atoms with Gasteiger partial charge in [-0.1, -0.05) is 44.2 Å². The number of aliphatic carboxylic acids is 1. The van der Waals surface area contributed by atoms with Gasteiger partial charge in [0.05, 0.1) is 0 Å². The van der Waals surface area contributed by atoms with E-state index in [0.717, 1.165) is 19.1 Å². The highest BCUT2D eigenvalue weighted by Crippen LogP contribution is 2.27. The van der Waals surface area contributed by atoms with Gasteiger partial charge < -0.3 is 16.6 Å². The molecule has 0 aromatic heterocycles. The predicted octanol–water partition coefficient (Wildman–Crippen LogP) is 2.09. The van der Waals surface area contributed by atoms with Crippen molar-refractivity contribution in [3.8, 4) is 0 Å². The highest BCUT2D eigenvalue weighted by molar-refractivity contribution is 5.84. The Morgan fingerprint density at radius 2 is 1.62 bits per heavy atom. The minimum absolute atomic E-state index is 0.0122. The van der Waals surface area contributed by atoms with Crippen LogP contribution in [0.15, 0.2) is 40.5 Å². The zero-order chi connectivity index (χ0) is 16.5. The van der Waals surface area contributed by atoms with Gasteiger partial charge in [-0.15, -0.1) is 5.10 Å². The van der Waals surface area contributed by atoms with E-state index in [1.165, 1.54) is 5.56 Å². The van der Waals surface area contributed by atoms with Crippen molar-refractivity contribution >= 4 is 17.6 Å². The zero-order valence-electron chi connectivity index (χ0n) is 13.0. The average molecular weight is 292 g/mol. The molecule has 0 unspecified atom stereocenters. The quantitative estimate of drug-likeness (QED) is 0.448. The first-order valence-electron chi connectivity index (χ1n) is 6.52. The maximum atomic E-state index is 9.00. The lowest BCUT2D eigenvalue weighted by molar-refractivity contribution is -0.134. The Bertz CT molecular complexity index is 500. The van der Waals surface area contributed by atoms with E-state index in [4.69, 9.17) is 21.4 Å². The first-order valence-corrected chi connectivity index (χ1v) is 6.52. The molecule has 1 rings (SSSR count). The van der Waals surface area contributed by atoms with Crippen molar-refractivity contribution < 1.29 is 9.90 Å². The van der Waals surface area contributed by atoms with Gasteiger partial charge in [-0.25, -0.2) is 0 Å². The van der Waals surface area contributed by atoms with Crippen LogP contribution in [0.2, 0.25) is 0 Å². The Morgan fingerprint density at radius 3 is 2.05 bits per heavy atom. The molecule has 0 aliphatic heterocycles. The molecule has 0 atom stereocenters. The molecule has 1 aromatic carbocycles. The van der Waals surface area contributed by atoms with Crippen LogP contribution < -0.4 is 11.5 Å². The zero-order valence-corrected chi connectivity index (χ0v) is 13.0. The number of nitrogens with two attached hydrogens (primary N) is 2. The lowest BCUT2D eigenvalue weighted by Gasteiger charge is -2.24. The molecule has 0 aliphatic carbocycles. The molecule has 0 aliphatic rings. The van der Waals surface area contributed by atoms with E-state index in [1.807, 2.05) is 25.1 Å². The van der Waals surface area contributed by atoms with Crippen molar-refractivity contribution in [3.63, 3.8) is 0 Å². The molecule has 0 amide bonds. The smallest absolute Gasteiger partial charge is 0.300 e. The molecule has 116 valence electrons. The minimum atomic E-state index is -0.833. The summed E-state index contributed by atoms with van der Waals surface area (Å²) in [6.45, 7) is 7.37. The van der Waals surface area contributed by atoms with Crippen molar-refractivity contribution in [1.29, 1.82) is 0 Å². The third-order valence-corrected chi connectivity index (χ3v) is 2.59. The molecule has 1 aromatic rings. The fourth-order valence-corrected chi connectivity index (χ4v) is 1.81. The van der Waals surface area contributed by atoms with Crippen LogP contribution in [0.25, 0.3) is 0 Å². The van der Waals surface area contributed by atoms with E-state index in [-0.39, 0.29) is 11.4 Å². The number of carbonyl (C=O) groups is 1. The van der Waals surface area contributed by atoms with Gasteiger partial charge in [-0.05, 0) is 24.3 Å². The van der Waals surface area contributed by atoms with Crippen LogP contribution in [0.4, 0.5) is 0 Å². The maximum absolute atomic E-state index is 9.00.